The van der Waals surface area contributed by atoms with Gasteiger partial charge in [0, 0.05) is 12.8 Å². The van der Waals surface area contributed by atoms with Gasteiger partial charge >= 0.3 is 0 Å². The van der Waals surface area contributed by atoms with Crippen LogP contribution in [0.1, 0.15) is 11.7 Å². The van der Waals surface area contributed by atoms with E-state index in [4.69, 9.17) is 9.47 Å². The highest BCUT2D eigenvalue weighted by atomic mass is 32.2. The van der Waals surface area contributed by atoms with Gasteiger partial charge in [-0.25, -0.2) is 8.42 Å². The maximum atomic E-state index is 11.8. The Morgan fingerprint density at radius 1 is 1.26 bits per heavy atom. The minimum absolute atomic E-state index is 0.0158. The second-order valence-electron chi connectivity index (χ2n) is 4.10. The summed E-state index contributed by atoms with van der Waals surface area (Å²) in [5.41, 5.74) is 0.524. The molecular formula is C12H19NO5S. The summed E-state index contributed by atoms with van der Waals surface area (Å²) in [4.78, 5) is -0.0158. The van der Waals surface area contributed by atoms with Crippen LogP contribution < -0.4 is 14.8 Å². The molecule has 0 saturated carbocycles. The van der Waals surface area contributed by atoms with Crippen LogP contribution in [0.2, 0.25) is 0 Å². The van der Waals surface area contributed by atoms with Crippen LogP contribution >= 0.6 is 0 Å². The Morgan fingerprint density at radius 2 is 1.74 bits per heavy atom. The van der Waals surface area contributed by atoms with E-state index >= 15 is 0 Å². The average molecular weight is 289 g/mol. The zero-order valence-corrected chi connectivity index (χ0v) is 12.2. The molecule has 0 aliphatic heterocycles. The van der Waals surface area contributed by atoms with Crippen molar-refractivity contribution in [3.05, 3.63) is 17.7 Å². The molecule has 0 aliphatic rings. The zero-order valence-electron chi connectivity index (χ0n) is 11.4. The second-order valence-corrected chi connectivity index (χ2v) is 6.05. The van der Waals surface area contributed by atoms with E-state index in [1.54, 1.807) is 7.05 Å². The number of hydrogen-bond acceptors (Lipinski definition) is 6. The minimum Gasteiger partial charge on any atom is -0.495 e. The Kier molecular flexibility index (Phi) is 5.16. The standard InChI is InChI=1S/C12H19NO5S/c1-13-7-9(14)8-5-10(17-2)12(19(4,15)16)11(6-8)18-3/h5-6,9,13-14H,7H2,1-4H3. The summed E-state index contributed by atoms with van der Waals surface area (Å²) in [7, 11) is 0.966. The third-order valence-electron chi connectivity index (χ3n) is 2.64. The van der Waals surface area contributed by atoms with Gasteiger partial charge in [-0.2, -0.15) is 0 Å². The van der Waals surface area contributed by atoms with Crippen molar-refractivity contribution in [1.29, 1.82) is 0 Å². The lowest BCUT2D eigenvalue weighted by molar-refractivity contribution is 0.176. The van der Waals surface area contributed by atoms with Crippen LogP contribution in [-0.2, 0) is 9.84 Å². The van der Waals surface area contributed by atoms with E-state index < -0.39 is 15.9 Å². The number of likely N-dealkylation sites (N-methyl/N-ethyl adjacent to an activating group) is 1. The Morgan fingerprint density at radius 3 is 2.05 bits per heavy atom. The third-order valence-corrected chi connectivity index (χ3v) is 3.78. The summed E-state index contributed by atoms with van der Waals surface area (Å²) in [5, 5.41) is 12.8. The Hall–Kier alpha value is -1.31. The molecule has 1 aromatic rings. The van der Waals surface area contributed by atoms with Crippen molar-refractivity contribution in [2.24, 2.45) is 0 Å². The highest BCUT2D eigenvalue weighted by Crippen LogP contribution is 2.36. The fraction of sp³-hybridized carbons (Fsp3) is 0.500. The van der Waals surface area contributed by atoms with Gasteiger partial charge in [0.25, 0.3) is 0 Å². The molecule has 0 bridgehead atoms. The topological polar surface area (TPSA) is 84.9 Å². The molecule has 0 aromatic heterocycles. The van der Waals surface area contributed by atoms with E-state index in [0.29, 0.717) is 12.1 Å². The second kappa shape index (κ2) is 6.23. The van der Waals surface area contributed by atoms with Gasteiger partial charge in [0.1, 0.15) is 11.5 Å². The van der Waals surface area contributed by atoms with Gasteiger partial charge < -0.3 is 19.9 Å². The van der Waals surface area contributed by atoms with Gasteiger partial charge in [0.2, 0.25) is 0 Å². The summed E-state index contributed by atoms with van der Waals surface area (Å²) in [5.74, 6) is 0.319. The zero-order chi connectivity index (χ0) is 14.6. The van der Waals surface area contributed by atoms with Crippen LogP contribution in [0, 0.1) is 0 Å². The summed E-state index contributed by atoms with van der Waals surface area (Å²) in [6.07, 6.45) is 0.304. The number of benzene rings is 1. The fourth-order valence-electron chi connectivity index (χ4n) is 1.77. The number of methoxy groups -OCH3 is 2. The monoisotopic (exact) mass is 289 g/mol. The van der Waals surface area contributed by atoms with Gasteiger partial charge in [-0.05, 0) is 24.7 Å². The molecule has 1 unspecified atom stereocenters. The lowest BCUT2D eigenvalue weighted by Crippen LogP contribution is -2.17. The SMILES string of the molecule is CNCC(O)c1cc(OC)c(S(C)(=O)=O)c(OC)c1. The lowest BCUT2D eigenvalue weighted by Gasteiger charge is -2.17. The van der Waals surface area contributed by atoms with E-state index in [-0.39, 0.29) is 16.4 Å². The molecule has 0 saturated heterocycles. The van der Waals surface area contributed by atoms with Crippen molar-refractivity contribution >= 4 is 9.84 Å². The van der Waals surface area contributed by atoms with Crippen LogP contribution in [0.15, 0.2) is 17.0 Å². The summed E-state index contributed by atoms with van der Waals surface area (Å²) in [6, 6.07) is 3.00. The number of hydrogen-bond donors (Lipinski definition) is 2. The van der Waals surface area contributed by atoms with Crippen LogP contribution in [0.3, 0.4) is 0 Å². The molecule has 0 aliphatic carbocycles. The van der Waals surface area contributed by atoms with Crippen molar-refractivity contribution < 1.29 is 23.0 Å². The molecule has 2 N–H and O–H groups in total. The largest absolute Gasteiger partial charge is 0.495 e. The molecule has 1 atom stereocenters. The molecule has 0 spiro atoms. The maximum absolute atomic E-state index is 11.8. The van der Waals surface area contributed by atoms with E-state index in [1.807, 2.05) is 0 Å². The van der Waals surface area contributed by atoms with E-state index in [9.17, 15) is 13.5 Å². The first-order valence-electron chi connectivity index (χ1n) is 5.63. The summed E-state index contributed by atoms with van der Waals surface area (Å²) >= 11 is 0. The van der Waals surface area contributed by atoms with Crippen molar-refractivity contribution in [3.63, 3.8) is 0 Å². The average Bonchev–Trinajstić information content (AvgIpc) is 2.36. The van der Waals surface area contributed by atoms with Crippen molar-refractivity contribution in [2.75, 3.05) is 34.1 Å². The summed E-state index contributed by atoms with van der Waals surface area (Å²) in [6.45, 7) is 0.338. The molecule has 0 fully saturated rings. The number of aliphatic hydroxyl groups is 1. The molecule has 7 heteroatoms. The minimum atomic E-state index is -3.49. The van der Waals surface area contributed by atoms with E-state index in [1.165, 1.54) is 26.4 Å². The molecule has 0 radical (unpaired) electrons. The van der Waals surface area contributed by atoms with Gasteiger partial charge in [-0.3, -0.25) is 0 Å². The number of sulfone groups is 1. The van der Waals surface area contributed by atoms with Crippen LogP contribution in [0.25, 0.3) is 0 Å². The quantitative estimate of drug-likeness (QED) is 0.786. The predicted octanol–water partition coefficient (Wildman–Crippen LogP) is 0.360. The van der Waals surface area contributed by atoms with Gasteiger partial charge in [0.15, 0.2) is 14.7 Å². The Bertz CT molecular complexity index is 516. The van der Waals surface area contributed by atoms with Gasteiger partial charge in [0.05, 0.1) is 20.3 Å². The lowest BCUT2D eigenvalue weighted by atomic mass is 10.1. The van der Waals surface area contributed by atoms with Crippen molar-refractivity contribution in [2.45, 2.75) is 11.0 Å². The first-order chi connectivity index (χ1) is 8.85. The number of ether oxygens (including phenoxy) is 2. The van der Waals surface area contributed by atoms with E-state index in [2.05, 4.69) is 5.32 Å². The van der Waals surface area contributed by atoms with Crippen molar-refractivity contribution in [3.8, 4) is 11.5 Å². The Balaban J connectivity index is 3.45. The van der Waals surface area contributed by atoms with Crippen LogP contribution in [0.5, 0.6) is 11.5 Å². The van der Waals surface area contributed by atoms with Crippen LogP contribution in [0.4, 0.5) is 0 Å². The van der Waals surface area contributed by atoms with Gasteiger partial charge in [-0.1, -0.05) is 0 Å². The first kappa shape index (κ1) is 15.7. The number of aliphatic hydroxyl groups excluding tert-OH is 1. The third kappa shape index (κ3) is 3.59. The van der Waals surface area contributed by atoms with Crippen LogP contribution in [-0.4, -0.2) is 47.6 Å². The molecular weight excluding hydrogens is 270 g/mol. The highest BCUT2D eigenvalue weighted by Gasteiger charge is 2.23. The summed E-state index contributed by atoms with van der Waals surface area (Å²) < 4.78 is 33.7. The van der Waals surface area contributed by atoms with Crippen molar-refractivity contribution in [1.82, 2.24) is 5.32 Å². The fourth-order valence-corrected chi connectivity index (χ4v) is 2.78. The highest BCUT2D eigenvalue weighted by molar-refractivity contribution is 7.91. The Labute approximate surface area is 113 Å². The molecule has 19 heavy (non-hydrogen) atoms. The van der Waals surface area contributed by atoms with Gasteiger partial charge in [-0.15, -0.1) is 0 Å². The molecule has 1 rings (SSSR count). The normalized spacial score (nSPS) is 13.1. The molecule has 6 nitrogen and oxygen atoms in total. The predicted molar refractivity (Wildman–Crippen MR) is 71.5 cm³/mol. The maximum Gasteiger partial charge on any atom is 0.182 e. The smallest absolute Gasteiger partial charge is 0.182 e. The molecule has 0 heterocycles. The molecule has 1 aromatic carbocycles. The molecule has 0 amide bonds. The number of rotatable bonds is 6. The first-order valence-corrected chi connectivity index (χ1v) is 7.53. The van der Waals surface area contributed by atoms with E-state index in [0.717, 1.165) is 6.26 Å². The molecule has 108 valence electrons. The number of nitrogens with one attached hydrogen (secondary N) is 1.